The Kier molecular flexibility index (Phi) is 4.58. The lowest BCUT2D eigenvalue weighted by atomic mass is 10.1. The second kappa shape index (κ2) is 6.18. The standard InChI is InChI=1S/C13H17ClN2O2/c1-9(10-3-2-4-11(14)7-10)16-13(17)12-8-18-6-5-15-12/h2-4,7,9,12,15H,5-6,8H2,1H3,(H,16,17)/t9-,12?/m0/s1. The van der Waals surface area contributed by atoms with Crippen LogP contribution in [0.2, 0.25) is 5.02 Å². The van der Waals surface area contributed by atoms with Gasteiger partial charge in [0.25, 0.3) is 0 Å². The normalized spacial score (nSPS) is 21.3. The molecule has 1 aliphatic heterocycles. The molecule has 2 rings (SSSR count). The zero-order chi connectivity index (χ0) is 13.0. The maximum Gasteiger partial charge on any atom is 0.240 e. The Morgan fingerprint density at radius 1 is 1.61 bits per heavy atom. The molecule has 5 heteroatoms. The number of carbonyl (C=O) groups excluding carboxylic acids is 1. The van der Waals surface area contributed by atoms with Crippen molar-refractivity contribution in [2.75, 3.05) is 19.8 Å². The van der Waals surface area contributed by atoms with Crippen LogP contribution in [0.4, 0.5) is 0 Å². The van der Waals surface area contributed by atoms with Crippen LogP contribution in [0.15, 0.2) is 24.3 Å². The first-order valence-corrected chi connectivity index (χ1v) is 6.41. The summed E-state index contributed by atoms with van der Waals surface area (Å²) in [7, 11) is 0. The molecule has 4 nitrogen and oxygen atoms in total. The summed E-state index contributed by atoms with van der Waals surface area (Å²) in [6, 6.07) is 7.16. The van der Waals surface area contributed by atoms with Gasteiger partial charge in [0.05, 0.1) is 19.3 Å². The average molecular weight is 269 g/mol. The highest BCUT2D eigenvalue weighted by Gasteiger charge is 2.22. The summed E-state index contributed by atoms with van der Waals surface area (Å²) in [6.07, 6.45) is 0. The summed E-state index contributed by atoms with van der Waals surface area (Å²) in [5.41, 5.74) is 0.993. The van der Waals surface area contributed by atoms with Crippen molar-refractivity contribution in [3.63, 3.8) is 0 Å². The third-order valence-electron chi connectivity index (χ3n) is 2.95. The van der Waals surface area contributed by atoms with Crippen LogP contribution in [0.5, 0.6) is 0 Å². The summed E-state index contributed by atoms with van der Waals surface area (Å²) in [4.78, 5) is 12.0. The van der Waals surface area contributed by atoms with E-state index >= 15 is 0 Å². The summed E-state index contributed by atoms with van der Waals surface area (Å²) in [5.74, 6) is -0.0397. The maximum absolute atomic E-state index is 12.0. The fourth-order valence-corrected chi connectivity index (χ4v) is 2.11. The van der Waals surface area contributed by atoms with Crippen molar-refractivity contribution in [1.82, 2.24) is 10.6 Å². The molecule has 98 valence electrons. The summed E-state index contributed by atoms with van der Waals surface area (Å²) >= 11 is 5.93. The molecule has 1 fully saturated rings. The van der Waals surface area contributed by atoms with Gasteiger partial charge in [-0.15, -0.1) is 0 Å². The van der Waals surface area contributed by atoms with Crippen LogP contribution in [0, 0.1) is 0 Å². The third kappa shape index (κ3) is 3.45. The Balaban J connectivity index is 1.94. The molecule has 1 aromatic carbocycles. The minimum Gasteiger partial charge on any atom is -0.378 e. The van der Waals surface area contributed by atoms with Gasteiger partial charge in [0, 0.05) is 11.6 Å². The molecule has 1 aromatic rings. The molecule has 0 aromatic heterocycles. The molecule has 1 heterocycles. The molecule has 0 bridgehead atoms. The van der Waals surface area contributed by atoms with Crippen LogP contribution in [0.25, 0.3) is 0 Å². The topological polar surface area (TPSA) is 50.4 Å². The quantitative estimate of drug-likeness (QED) is 0.874. The van der Waals surface area contributed by atoms with Crippen LogP contribution in [-0.2, 0) is 9.53 Å². The van der Waals surface area contributed by atoms with Crippen LogP contribution in [-0.4, -0.2) is 31.7 Å². The molecule has 0 spiro atoms. The Morgan fingerprint density at radius 2 is 2.44 bits per heavy atom. The minimum atomic E-state index is -0.264. The van der Waals surface area contributed by atoms with Gasteiger partial charge in [-0.1, -0.05) is 23.7 Å². The molecule has 1 amide bonds. The number of morpholine rings is 1. The number of carbonyl (C=O) groups is 1. The number of rotatable bonds is 3. The van der Waals surface area contributed by atoms with Crippen molar-refractivity contribution >= 4 is 17.5 Å². The second-order valence-corrected chi connectivity index (χ2v) is 4.80. The van der Waals surface area contributed by atoms with Crippen LogP contribution in [0.3, 0.4) is 0 Å². The van der Waals surface area contributed by atoms with E-state index in [0.29, 0.717) is 24.8 Å². The highest BCUT2D eigenvalue weighted by molar-refractivity contribution is 6.30. The number of hydrogen-bond donors (Lipinski definition) is 2. The van der Waals surface area contributed by atoms with Gasteiger partial charge in [0.2, 0.25) is 5.91 Å². The first-order chi connectivity index (χ1) is 8.66. The molecule has 1 unspecified atom stereocenters. The summed E-state index contributed by atoms with van der Waals surface area (Å²) in [5, 5.41) is 6.75. The zero-order valence-electron chi connectivity index (χ0n) is 10.3. The predicted molar refractivity (Wildman–Crippen MR) is 70.6 cm³/mol. The first kappa shape index (κ1) is 13.3. The minimum absolute atomic E-state index is 0.0397. The van der Waals surface area contributed by atoms with Crippen molar-refractivity contribution in [3.8, 4) is 0 Å². The summed E-state index contributed by atoms with van der Waals surface area (Å²) in [6.45, 7) is 3.73. The van der Waals surface area contributed by atoms with E-state index in [1.807, 2.05) is 31.2 Å². The molecular weight excluding hydrogens is 252 g/mol. The average Bonchev–Trinajstić information content (AvgIpc) is 2.39. The number of benzene rings is 1. The van der Waals surface area contributed by atoms with Gasteiger partial charge in [-0.05, 0) is 24.6 Å². The van der Waals surface area contributed by atoms with Crippen molar-refractivity contribution in [2.45, 2.75) is 19.0 Å². The Bertz CT molecular complexity index is 419. The van der Waals surface area contributed by atoms with Crippen molar-refractivity contribution in [1.29, 1.82) is 0 Å². The second-order valence-electron chi connectivity index (χ2n) is 4.37. The molecular formula is C13H17ClN2O2. The van der Waals surface area contributed by atoms with Gasteiger partial charge >= 0.3 is 0 Å². The Labute approximate surface area is 112 Å². The Morgan fingerprint density at radius 3 is 3.11 bits per heavy atom. The molecule has 1 saturated heterocycles. The summed E-state index contributed by atoms with van der Waals surface area (Å²) < 4.78 is 5.27. The third-order valence-corrected chi connectivity index (χ3v) is 3.18. The first-order valence-electron chi connectivity index (χ1n) is 6.04. The lowest BCUT2D eigenvalue weighted by Gasteiger charge is -2.25. The smallest absolute Gasteiger partial charge is 0.240 e. The van der Waals surface area contributed by atoms with Crippen molar-refractivity contribution in [3.05, 3.63) is 34.9 Å². The van der Waals surface area contributed by atoms with E-state index in [4.69, 9.17) is 16.3 Å². The SMILES string of the molecule is C[C@H](NC(=O)C1COCCN1)c1cccc(Cl)c1. The molecule has 18 heavy (non-hydrogen) atoms. The van der Waals surface area contributed by atoms with E-state index < -0.39 is 0 Å². The highest BCUT2D eigenvalue weighted by atomic mass is 35.5. The number of halogens is 1. The van der Waals surface area contributed by atoms with E-state index in [0.717, 1.165) is 5.56 Å². The molecule has 2 N–H and O–H groups in total. The van der Waals surface area contributed by atoms with Crippen molar-refractivity contribution in [2.24, 2.45) is 0 Å². The van der Waals surface area contributed by atoms with Crippen LogP contribution < -0.4 is 10.6 Å². The van der Waals surface area contributed by atoms with E-state index in [1.165, 1.54) is 0 Å². The molecule has 2 atom stereocenters. The fourth-order valence-electron chi connectivity index (χ4n) is 1.91. The fraction of sp³-hybridized carbons (Fsp3) is 0.462. The molecule has 0 saturated carbocycles. The lowest BCUT2D eigenvalue weighted by Crippen LogP contribution is -2.51. The predicted octanol–water partition coefficient (Wildman–Crippen LogP) is 1.51. The van der Waals surface area contributed by atoms with Gasteiger partial charge in [-0.2, -0.15) is 0 Å². The maximum atomic E-state index is 12.0. The van der Waals surface area contributed by atoms with E-state index in [9.17, 15) is 4.79 Å². The lowest BCUT2D eigenvalue weighted by molar-refractivity contribution is -0.126. The van der Waals surface area contributed by atoms with Gasteiger partial charge in [-0.25, -0.2) is 0 Å². The van der Waals surface area contributed by atoms with E-state index in [-0.39, 0.29) is 18.0 Å². The number of nitrogens with one attached hydrogen (secondary N) is 2. The van der Waals surface area contributed by atoms with Gasteiger partial charge in [0.1, 0.15) is 6.04 Å². The monoisotopic (exact) mass is 268 g/mol. The number of amides is 1. The van der Waals surface area contributed by atoms with E-state index in [2.05, 4.69) is 10.6 Å². The molecule has 0 aliphatic carbocycles. The Hall–Kier alpha value is -1.10. The highest BCUT2D eigenvalue weighted by Crippen LogP contribution is 2.17. The largest absolute Gasteiger partial charge is 0.378 e. The van der Waals surface area contributed by atoms with Gasteiger partial charge in [0.15, 0.2) is 0 Å². The van der Waals surface area contributed by atoms with Gasteiger partial charge in [-0.3, -0.25) is 4.79 Å². The number of ether oxygens (including phenoxy) is 1. The van der Waals surface area contributed by atoms with Gasteiger partial charge < -0.3 is 15.4 Å². The van der Waals surface area contributed by atoms with Crippen LogP contribution in [0.1, 0.15) is 18.5 Å². The molecule has 0 radical (unpaired) electrons. The molecule has 1 aliphatic rings. The van der Waals surface area contributed by atoms with Crippen LogP contribution >= 0.6 is 11.6 Å². The number of hydrogen-bond acceptors (Lipinski definition) is 3. The van der Waals surface area contributed by atoms with E-state index in [1.54, 1.807) is 0 Å². The zero-order valence-corrected chi connectivity index (χ0v) is 11.0. The van der Waals surface area contributed by atoms with Crippen molar-refractivity contribution < 1.29 is 9.53 Å².